The standard InChI is InChI=1S/C13H9BrF4N2/c14-11-2-1-7(4-10(11)13(16,17)18)12(19)8-3-9(15)6-20-5-8/h1-6,12H,19H2. The SMILES string of the molecule is NC(c1cncc(F)c1)c1ccc(Br)c(C(F)(F)F)c1. The Morgan fingerprint density at radius 2 is 1.80 bits per heavy atom. The molecule has 0 spiro atoms. The molecule has 1 aromatic heterocycles. The summed E-state index contributed by atoms with van der Waals surface area (Å²) in [7, 11) is 0. The maximum absolute atomic E-state index is 13.1. The highest BCUT2D eigenvalue weighted by molar-refractivity contribution is 9.10. The van der Waals surface area contributed by atoms with E-state index in [1.807, 2.05) is 0 Å². The molecule has 0 bridgehead atoms. The third-order valence-corrected chi connectivity index (χ3v) is 3.43. The lowest BCUT2D eigenvalue weighted by Gasteiger charge is -2.16. The number of nitrogens with two attached hydrogens (primary N) is 1. The van der Waals surface area contributed by atoms with Crippen molar-refractivity contribution in [2.75, 3.05) is 0 Å². The van der Waals surface area contributed by atoms with Gasteiger partial charge in [0.25, 0.3) is 0 Å². The van der Waals surface area contributed by atoms with Crippen LogP contribution in [0.4, 0.5) is 17.6 Å². The number of nitrogens with zero attached hydrogens (tertiary/aromatic N) is 1. The monoisotopic (exact) mass is 348 g/mol. The van der Waals surface area contributed by atoms with E-state index < -0.39 is 23.6 Å². The topological polar surface area (TPSA) is 38.9 Å². The summed E-state index contributed by atoms with van der Waals surface area (Å²) >= 11 is 2.85. The molecule has 0 fully saturated rings. The molecule has 1 unspecified atom stereocenters. The second kappa shape index (κ2) is 5.49. The van der Waals surface area contributed by atoms with Gasteiger partial charge in [0.2, 0.25) is 0 Å². The number of hydrogen-bond acceptors (Lipinski definition) is 2. The average molecular weight is 349 g/mol. The van der Waals surface area contributed by atoms with Gasteiger partial charge in [0.05, 0.1) is 17.8 Å². The largest absolute Gasteiger partial charge is 0.417 e. The molecule has 1 heterocycles. The van der Waals surface area contributed by atoms with E-state index in [2.05, 4.69) is 20.9 Å². The normalized spacial score (nSPS) is 13.3. The van der Waals surface area contributed by atoms with E-state index in [9.17, 15) is 17.6 Å². The second-order valence-electron chi connectivity index (χ2n) is 4.15. The minimum atomic E-state index is -4.49. The Hall–Kier alpha value is -1.47. The molecule has 106 valence electrons. The third-order valence-electron chi connectivity index (χ3n) is 2.74. The summed E-state index contributed by atoms with van der Waals surface area (Å²) < 4.78 is 51.4. The molecule has 0 aliphatic carbocycles. The van der Waals surface area contributed by atoms with Crippen LogP contribution in [0.1, 0.15) is 22.7 Å². The van der Waals surface area contributed by atoms with Crippen LogP contribution in [0.5, 0.6) is 0 Å². The van der Waals surface area contributed by atoms with E-state index in [4.69, 9.17) is 5.73 Å². The van der Waals surface area contributed by atoms with Crippen LogP contribution in [0.15, 0.2) is 41.1 Å². The first-order valence-corrected chi connectivity index (χ1v) is 6.31. The van der Waals surface area contributed by atoms with Gasteiger partial charge in [-0.2, -0.15) is 13.2 Å². The molecule has 1 aromatic carbocycles. The smallest absolute Gasteiger partial charge is 0.320 e. The number of benzene rings is 1. The minimum absolute atomic E-state index is 0.0710. The summed E-state index contributed by atoms with van der Waals surface area (Å²) in [6, 6.07) is 3.93. The molecule has 2 rings (SSSR count). The Kier molecular flexibility index (Phi) is 4.10. The molecule has 2 nitrogen and oxygen atoms in total. The van der Waals surface area contributed by atoms with Crippen molar-refractivity contribution in [3.63, 3.8) is 0 Å². The van der Waals surface area contributed by atoms with Crippen molar-refractivity contribution in [2.45, 2.75) is 12.2 Å². The third kappa shape index (κ3) is 3.16. The molecule has 20 heavy (non-hydrogen) atoms. The first-order valence-electron chi connectivity index (χ1n) is 5.51. The Morgan fingerprint density at radius 3 is 2.40 bits per heavy atom. The summed E-state index contributed by atoms with van der Waals surface area (Å²) in [5.41, 5.74) is 5.57. The zero-order valence-electron chi connectivity index (χ0n) is 9.96. The number of alkyl halides is 3. The fraction of sp³-hybridized carbons (Fsp3) is 0.154. The van der Waals surface area contributed by atoms with E-state index in [-0.39, 0.29) is 10.0 Å². The highest BCUT2D eigenvalue weighted by Crippen LogP contribution is 2.36. The van der Waals surface area contributed by atoms with Crippen molar-refractivity contribution in [1.29, 1.82) is 0 Å². The fourth-order valence-corrected chi connectivity index (χ4v) is 2.22. The zero-order chi connectivity index (χ0) is 14.9. The number of pyridine rings is 1. The minimum Gasteiger partial charge on any atom is -0.320 e. The van der Waals surface area contributed by atoms with Crippen molar-refractivity contribution >= 4 is 15.9 Å². The summed E-state index contributed by atoms with van der Waals surface area (Å²) in [4.78, 5) is 3.63. The van der Waals surface area contributed by atoms with Crippen LogP contribution in [0.25, 0.3) is 0 Å². The molecule has 0 aliphatic rings. The summed E-state index contributed by atoms with van der Waals surface area (Å²) in [6.07, 6.45) is -2.17. The Labute approximate surface area is 120 Å². The van der Waals surface area contributed by atoms with Crippen LogP contribution in [0.2, 0.25) is 0 Å². The van der Waals surface area contributed by atoms with Gasteiger partial charge in [-0.1, -0.05) is 22.0 Å². The van der Waals surface area contributed by atoms with Gasteiger partial charge < -0.3 is 5.73 Å². The van der Waals surface area contributed by atoms with Crippen molar-refractivity contribution < 1.29 is 17.6 Å². The lowest BCUT2D eigenvalue weighted by atomic mass is 9.99. The van der Waals surface area contributed by atoms with Crippen molar-refractivity contribution in [3.05, 3.63) is 63.6 Å². The molecule has 0 amide bonds. The van der Waals surface area contributed by atoms with Crippen LogP contribution in [0, 0.1) is 5.82 Å². The lowest BCUT2D eigenvalue weighted by Crippen LogP contribution is -2.14. The quantitative estimate of drug-likeness (QED) is 0.831. The summed E-state index contributed by atoms with van der Waals surface area (Å²) in [5.74, 6) is -0.592. The van der Waals surface area contributed by atoms with Crippen molar-refractivity contribution in [1.82, 2.24) is 4.98 Å². The molecular weight excluding hydrogens is 340 g/mol. The molecular formula is C13H9BrF4N2. The van der Waals surface area contributed by atoms with E-state index in [1.165, 1.54) is 18.3 Å². The van der Waals surface area contributed by atoms with Gasteiger partial charge >= 0.3 is 6.18 Å². The van der Waals surface area contributed by atoms with Gasteiger partial charge in [-0.25, -0.2) is 4.39 Å². The number of hydrogen-bond donors (Lipinski definition) is 1. The lowest BCUT2D eigenvalue weighted by molar-refractivity contribution is -0.138. The Balaban J connectivity index is 2.43. The van der Waals surface area contributed by atoms with E-state index in [0.717, 1.165) is 18.3 Å². The fourth-order valence-electron chi connectivity index (χ4n) is 1.74. The Morgan fingerprint density at radius 1 is 1.10 bits per heavy atom. The van der Waals surface area contributed by atoms with Gasteiger partial charge in [-0.3, -0.25) is 4.98 Å². The number of rotatable bonds is 2. The highest BCUT2D eigenvalue weighted by Gasteiger charge is 2.33. The highest BCUT2D eigenvalue weighted by atomic mass is 79.9. The number of aromatic nitrogens is 1. The summed E-state index contributed by atoms with van der Waals surface area (Å²) in [6.45, 7) is 0. The average Bonchev–Trinajstić information content (AvgIpc) is 2.37. The first-order chi connectivity index (χ1) is 9.29. The first kappa shape index (κ1) is 14.9. The van der Waals surface area contributed by atoms with E-state index >= 15 is 0 Å². The molecule has 0 saturated carbocycles. The van der Waals surface area contributed by atoms with Crippen molar-refractivity contribution in [3.8, 4) is 0 Å². The van der Waals surface area contributed by atoms with Crippen LogP contribution in [0.3, 0.4) is 0 Å². The van der Waals surface area contributed by atoms with E-state index in [0.29, 0.717) is 5.56 Å². The maximum Gasteiger partial charge on any atom is 0.417 e. The predicted molar refractivity (Wildman–Crippen MR) is 69.4 cm³/mol. The Bertz CT molecular complexity index is 628. The maximum atomic E-state index is 13.1. The second-order valence-corrected chi connectivity index (χ2v) is 5.01. The predicted octanol–water partition coefficient (Wildman–Crippen LogP) is 4.05. The molecule has 0 saturated heterocycles. The molecule has 2 aromatic rings. The van der Waals surface area contributed by atoms with Gasteiger partial charge in [0.1, 0.15) is 5.82 Å². The van der Waals surface area contributed by atoms with Crippen LogP contribution in [-0.2, 0) is 6.18 Å². The van der Waals surface area contributed by atoms with Gasteiger partial charge in [-0.05, 0) is 29.3 Å². The van der Waals surface area contributed by atoms with E-state index in [1.54, 1.807) is 0 Å². The van der Waals surface area contributed by atoms with Crippen molar-refractivity contribution in [2.24, 2.45) is 5.73 Å². The van der Waals surface area contributed by atoms with Gasteiger partial charge in [-0.15, -0.1) is 0 Å². The number of halogens is 5. The van der Waals surface area contributed by atoms with Crippen LogP contribution >= 0.6 is 15.9 Å². The molecule has 0 aliphatic heterocycles. The molecule has 0 radical (unpaired) electrons. The zero-order valence-corrected chi connectivity index (χ0v) is 11.5. The molecule has 7 heteroatoms. The van der Waals surface area contributed by atoms with Crippen LogP contribution in [-0.4, -0.2) is 4.98 Å². The van der Waals surface area contributed by atoms with Gasteiger partial charge in [0.15, 0.2) is 0 Å². The molecule has 1 atom stereocenters. The van der Waals surface area contributed by atoms with Gasteiger partial charge in [0, 0.05) is 10.7 Å². The summed E-state index contributed by atoms with van der Waals surface area (Å²) in [5, 5.41) is 0. The molecule has 2 N–H and O–H groups in total. The van der Waals surface area contributed by atoms with Crippen LogP contribution < -0.4 is 5.73 Å².